The molecule has 1 rings (SSSR count). The van der Waals surface area contributed by atoms with Crippen LogP contribution in [-0.2, 0) is 9.53 Å². The Morgan fingerprint density at radius 1 is 1.60 bits per heavy atom. The van der Waals surface area contributed by atoms with Crippen LogP contribution in [0, 0.1) is 0 Å². The van der Waals surface area contributed by atoms with Crippen molar-refractivity contribution in [2.45, 2.75) is 13.2 Å². The van der Waals surface area contributed by atoms with Gasteiger partial charge in [0.05, 0.1) is 6.54 Å². The number of nitrogens with one attached hydrogen (secondary N) is 1. The van der Waals surface area contributed by atoms with E-state index in [1.165, 1.54) is 6.92 Å². The van der Waals surface area contributed by atoms with E-state index in [4.69, 9.17) is 9.84 Å². The normalized spacial score (nSPS) is 20.9. The molecule has 0 aromatic heterocycles. The molecule has 0 saturated carbocycles. The number of carboxylic acid groups (broad SMARTS) is 1. The molecule has 15 heavy (non-hydrogen) atoms. The summed E-state index contributed by atoms with van der Waals surface area (Å²) in [5.74, 6) is -0.574. The summed E-state index contributed by atoms with van der Waals surface area (Å²) in [5.41, 5.74) is 0.255. The number of carbonyl (C=O) groups excluding carboxylic acids is 1. The smallest absolute Gasteiger partial charge is 0.410 e. The Morgan fingerprint density at radius 3 is 2.80 bits per heavy atom. The van der Waals surface area contributed by atoms with Crippen LogP contribution in [-0.4, -0.2) is 47.9 Å². The number of hydrogen-bond donors (Lipinski definition) is 2. The number of carbonyl (C=O) groups is 2. The summed E-state index contributed by atoms with van der Waals surface area (Å²) in [6, 6.07) is 0. The lowest BCUT2D eigenvalue weighted by Gasteiger charge is -2.33. The molecule has 0 aromatic carbocycles. The highest BCUT2D eigenvalue weighted by molar-refractivity contribution is 5.87. The average Bonchev–Trinajstić information content (AvgIpc) is 2.18. The molecule has 1 aliphatic heterocycles. The fourth-order valence-corrected chi connectivity index (χ4v) is 1.23. The van der Waals surface area contributed by atoms with E-state index in [1.807, 2.05) is 0 Å². The SMILES string of the molecule is C=C(C)C(=O)OC1CNCCN1C(=O)O. The van der Waals surface area contributed by atoms with E-state index in [0.717, 1.165) is 4.90 Å². The minimum atomic E-state index is -1.09. The van der Waals surface area contributed by atoms with Gasteiger partial charge in [-0.15, -0.1) is 0 Å². The Kier molecular flexibility index (Phi) is 3.68. The van der Waals surface area contributed by atoms with E-state index < -0.39 is 18.3 Å². The van der Waals surface area contributed by atoms with Gasteiger partial charge < -0.3 is 15.2 Å². The van der Waals surface area contributed by atoms with Gasteiger partial charge in [0.15, 0.2) is 6.23 Å². The van der Waals surface area contributed by atoms with Gasteiger partial charge in [0.2, 0.25) is 0 Å². The second-order valence-corrected chi connectivity index (χ2v) is 3.32. The van der Waals surface area contributed by atoms with Crippen molar-refractivity contribution in [2.75, 3.05) is 19.6 Å². The third-order valence-electron chi connectivity index (χ3n) is 2.03. The van der Waals surface area contributed by atoms with Crippen molar-refractivity contribution in [1.82, 2.24) is 10.2 Å². The lowest BCUT2D eigenvalue weighted by Crippen LogP contribution is -2.55. The Hall–Kier alpha value is -1.56. The van der Waals surface area contributed by atoms with Gasteiger partial charge in [-0.2, -0.15) is 0 Å². The predicted octanol–water partition coefficient (Wildman–Crippen LogP) is 0.0150. The van der Waals surface area contributed by atoms with Crippen LogP contribution in [0.5, 0.6) is 0 Å². The molecular weight excluding hydrogens is 200 g/mol. The summed E-state index contributed by atoms with van der Waals surface area (Å²) in [5, 5.41) is 11.8. The third-order valence-corrected chi connectivity index (χ3v) is 2.03. The van der Waals surface area contributed by atoms with E-state index in [2.05, 4.69) is 11.9 Å². The van der Waals surface area contributed by atoms with Crippen LogP contribution in [0.1, 0.15) is 6.92 Å². The molecule has 1 fully saturated rings. The molecule has 6 heteroatoms. The third kappa shape index (κ3) is 2.95. The number of nitrogens with zero attached hydrogens (tertiary/aromatic N) is 1. The minimum Gasteiger partial charge on any atom is -0.465 e. The topological polar surface area (TPSA) is 78.9 Å². The number of rotatable bonds is 2. The van der Waals surface area contributed by atoms with Crippen LogP contribution in [0.2, 0.25) is 0 Å². The molecule has 0 spiro atoms. The molecule has 1 heterocycles. The maximum Gasteiger partial charge on any atom is 0.410 e. The maximum absolute atomic E-state index is 11.2. The van der Waals surface area contributed by atoms with Gasteiger partial charge in [0.1, 0.15) is 0 Å². The van der Waals surface area contributed by atoms with E-state index in [0.29, 0.717) is 19.6 Å². The highest BCUT2D eigenvalue weighted by Gasteiger charge is 2.29. The minimum absolute atomic E-state index is 0.255. The van der Waals surface area contributed by atoms with Gasteiger partial charge in [-0.3, -0.25) is 4.90 Å². The van der Waals surface area contributed by atoms with Crippen molar-refractivity contribution < 1.29 is 19.4 Å². The Labute approximate surface area is 87.5 Å². The molecule has 1 unspecified atom stereocenters. The van der Waals surface area contributed by atoms with E-state index >= 15 is 0 Å². The highest BCUT2D eigenvalue weighted by atomic mass is 16.6. The summed E-state index contributed by atoms with van der Waals surface area (Å²) in [7, 11) is 0. The van der Waals surface area contributed by atoms with Gasteiger partial charge in [-0.25, -0.2) is 9.59 Å². The van der Waals surface area contributed by atoms with Crippen molar-refractivity contribution in [3.05, 3.63) is 12.2 Å². The lowest BCUT2D eigenvalue weighted by atomic mass is 10.3. The summed E-state index contributed by atoms with van der Waals surface area (Å²) >= 11 is 0. The van der Waals surface area contributed by atoms with E-state index in [-0.39, 0.29) is 5.57 Å². The zero-order chi connectivity index (χ0) is 11.4. The molecule has 1 saturated heterocycles. The van der Waals surface area contributed by atoms with E-state index in [1.54, 1.807) is 0 Å². The zero-order valence-electron chi connectivity index (χ0n) is 8.52. The van der Waals surface area contributed by atoms with Crippen LogP contribution in [0.15, 0.2) is 12.2 Å². The largest absolute Gasteiger partial charge is 0.465 e. The van der Waals surface area contributed by atoms with E-state index in [9.17, 15) is 9.59 Å². The van der Waals surface area contributed by atoms with Crippen molar-refractivity contribution >= 4 is 12.1 Å². The molecule has 1 atom stereocenters. The monoisotopic (exact) mass is 214 g/mol. The van der Waals surface area contributed by atoms with Gasteiger partial charge in [-0.05, 0) is 6.92 Å². The van der Waals surface area contributed by atoms with Gasteiger partial charge >= 0.3 is 12.1 Å². The molecule has 0 radical (unpaired) electrons. The molecule has 84 valence electrons. The molecule has 0 aliphatic carbocycles. The molecule has 1 amide bonds. The van der Waals surface area contributed by atoms with Crippen LogP contribution in [0.4, 0.5) is 4.79 Å². The second-order valence-electron chi connectivity index (χ2n) is 3.32. The number of ether oxygens (including phenoxy) is 1. The zero-order valence-corrected chi connectivity index (χ0v) is 8.52. The highest BCUT2D eigenvalue weighted by Crippen LogP contribution is 2.07. The Balaban J connectivity index is 2.61. The first-order valence-corrected chi connectivity index (χ1v) is 4.59. The lowest BCUT2D eigenvalue weighted by molar-refractivity contribution is -0.153. The average molecular weight is 214 g/mol. The van der Waals surface area contributed by atoms with Crippen LogP contribution in [0.25, 0.3) is 0 Å². The molecule has 6 nitrogen and oxygen atoms in total. The predicted molar refractivity (Wildman–Crippen MR) is 52.3 cm³/mol. The van der Waals surface area contributed by atoms with Crippen LogP contribution < -0.4 is 5.32 Å². The number of amides is 1. The maximum atomic E-state index is 11.2. The number of hydrogen-bond acceptors (Lipinski definition) is 4. The fourth-order valence-electron chi connectivity index (χ4n) is 1.23. The second kappa shape index (κ2) is 4.79. The van der Waals surface area contributed by atoms with Crippen molar-refractivity contribution in [1.29, 1.82) is 0 Å². The quantitative estimate of drug-likeness (QED) is 0.500. The van der Waals surface area contributed by atoms with Crippen molar-refractivity contribution in [3.63, 3.8) is 0 Å². The summed E-state index contributed by atoms with van der Waals surface area (Å²) in [6.07, 6.45) is -1.85. The Bertz CT molecular complexity index is 290. The first-order chi connectivity index (χ1) is 7.02. The number of esters is 1. The molecule has 2 N–H and O–H groups in total. The number of piperazine rings is 1. The van der Waals surface area contributed by atoms with Crippen LogP contribution in [0.3, 0.4) is 0 Å². The molecule has 1 aliphatic rings. The first kappa shape index (κ1) is 11.5. The van der Waals surface area contributed by atoms with Crippen LogP contribution >= 0.6 is 0 Å². The fraction of sp³-hybridized carbons (Fsp3) is 0.556. The summed E-state index contributed by atoms with van der Waals surface area (Å²) in [6.45, 7) is 6.13. The molecular formula is C9H14N2O4. The Morgan fingerprint density at radius 2 is 2.27 bits per heavy atom. The van der Waals surface area contributed by atoms with Crippen molar-refractivity contribution in [2.24, 2.45) is 0 Å². The standard InChI is InChI=1S/C9H14N2O4/c1-6(2)8(12)15-7-5-10-3-4-11(7)9(13)14/h7,10H,1,3-5H2,2H3,(H,13,14). The summed E-state index contributed by atoms with van der Waals surface area (Å²) < 4.78 is 4.97. The molecule has 0 bridgehead atoms. The first-order valence-electron chi connectivity index (χ1n) is 4.59. The van der Waals surface area contributed by atoms with Crippen molar-refractivity contribution in [3.8, 4) is 0 Å². The molecule has 0 aromatic rings. The van der Waals surface area contributed by atoms with Gasteiger partial charge in [-0.1, -0.05) is 6.58 Å². The van der Waals surface area contributed by atoms with Gasteiger partial charge in [0, 0.05) is 18.7 Å². The summed E-state index contributed by atoms with van der Waals surface area (Å²) in [4.78, 5) is 23.1. The van der Waals surface area contributed by atoms with Gasteiger partial charge in [0.25, 0.3) is 0 Å².